The maximum Gasteiger partial charge on any atom is 0.123 e. The molecule has 2 nitrogen and oxygen atoms in total. The Morgan fingerprint density at radius 1 is 1.10 bits per heavy atom. The van der Waals surface area contributed by atoms with E-state index in [-0.39, 0.29) is 25.5 Å². The summed E-state index contributed by atoms with van der Waals surface area (Å²) in [5, 5.41) is 20.2. The number of aliphatic hydroxyl groups is 2. The second-order valence-corrected chi connectivity index (χ2v) is 6.25. The maximum absolute atomic E-state index is 13.4. The van der Waals surface area contributed by atoms with E-state index in [0.717, 1.165) is 4.47 Å². The molecule has 0 saturated carbocycles. The highest BCUT2D eigenvalue weighted by Gasteiger charge is 2.33. The van der Waals surface area contributed by atoms with Crippen molar-refractivity contribution < 1.29 is 14.6 Å². The zero-order valence-electron chi connectivity index (χ0n) is 11.2. The minimum absolute atomic E-state index is 0.266. The molecule has 0 aliphatic heterocycles. The molecule has 0 aliphatic rings. The van der Waals surface area contributed by atoms with Gasteiger partial charge < -0.3 is 10.2 Å². The molecule has 0 spiro atoms. The van der Waals surface area contributed by atoms with Gasteiger partial charge in [-0.1, -0.05) is 45.7 Å². The van der Waals surface area contributed by atoms with Crippen LogP contribution in [-0.4, -0.2) is 23.4 Å². The van der Waals surface area contributed by atoms with E-state index in [1.165, 1.54) is 12.1 Å². The summed E-state index contributed by atoms with van der Waals surface area (Å²) in [6, 6.07) is 11.4. The normalized spacial score (nSPS) is 11.7. The Balaban J connectivity index is 2.48. The summed E-state index contributed by atoms with van der Waals surface area (Å²) in [6.07, 6.45) is 0.266. The van der Waals surface area contributed by atoms with E-state index >= 15 is 0 Å². The molecular formula is C16H15BrClFO2. The Kier molecular flexibility index (Phi) is 5.38. The molecule has 0 fully saturated rings. The van der Waals surface area contributed by atoms with Gasteiger partial charge in [0.15, 0.2) is 0 Å². The molecule has 0 bridgehead atoms. The Morgan fingerprint density at radius 2 is 1.76 bits per heavy atom. The zero-order valence-corrected chi connectivity index (χ0v) is 13.5. The van der Waals surface area contributed by atoms with Crippen LogP contribution in [0.15, 0.2) is 46.9 Å². The fraction of sp³-hybridized carbons (Fsp3) is 0.250. The van der Waals surface area contributed by atoms with E-state index in [4.69, 9.17) is 11.6 Å². The summed E-state index contributed by atoms with van der Waals surface area (Å²) in [6.45, 7) is -0.591. The van der Waals surface area contributed by atoms with E-state index in [1.807, 2.05) is 0 Å². The third kappa shape index (κ3) is 3.46. The van der Waals surface area contributed by atoms with Crippen LogP contribution in [0.2, 0.25) is 5.02 Å². The zero-order chi connectivity index (χ0) is 15.5. The third-order valence-electron chi connectivity index (χ3n) is 3.59. The molecule has 21 heavy (non-hydrogen) atoms. The lowest BCUT2D eigenvalue weighted by Crippen LogP contribution is -2.37. The second-order valence-electron chi connectivity index (χ2n) is 4.99. The van der Waals surface area contributed by atoms with Crippen molar-refractivity contribution in [2.75, 3.05) is 13.2 Å². The van der Waals surface area contributed by atoms with E-state index in [2.05, 4.69) is 15.9 Å². The van der Waals surface area contributed by atoms with Gasteiger partial charge in [0.25, 0.3) is 0 Å². The maximum atomic E-state index is 13.4. The van der Waals surface area contributed by atoms with Gasteiger partial charge in [-0.2, -0.15) is 0 Å². The van der Waals surface area contributed by atoms with Gasteiger partial charge in [0.1, 0.15) is 5.82 Å². The first kappa shape index (κ1) is 16.4. The number of hydrogen-bond donors (Lipinski definition) is 2. The summed E-state index contributed by atoms with van der Waals surface area (Å²) in [7, 11) is 0. The topological polar surface area (TPSA) is 40.5 Å². The molecule has 2 N–H and O–H groups in total. The van der Waals surface area contributed by atoms with Crippen LogP contribution in [0.4, 0.5) is 4.39 Å². The van der Waals surface area contributed by atoms with Gasteiger partial charge in [-0.05, 0) is 41.8 Å². The first-order valence-electron chi connectivity index (χ1n) is 6.43. The van der Waals surface area contributed by atoms with Crippen molar-refractivity contribution in [2.24, 2.45) is 0 Å². The Hall–Kier alpha value is -0.940. The Bertz CT molecular complexity index is 629. The fourth-order valence-electron chi connectivity index (χ4n) is 2.36. The lowest BCUT2D eigenvalue weighted by molar-refractivity contribution is 0.116. The number of hydrogen-bond acceptors (Lipinski definition) is 2. The average molecular weight is 374 g/mol. The molecule has 0 radical (unpaired) electrons. The molecule has 0 unspecified atom stereocenters. The molecule has 112 valence electrons. The Morgan fingerprint density at radius 3 is 2.38 bits per heavy atom. The predicted octanol–water partition coefficient (Wildman–Crippen LogP) is 3.71. The Labute approximate surface area is 136 Å². The van der Waals surface area contributed by atoms with Crippen LogP contribution in [0.25, 0.3) is 0 Å². The smallest absolute Gasteiger partial charge is 0.123 e. The van der Waals surface area contributed by atoms with E-state index in [0.29, 0.717) is 16.1 Å². The van der Waals surface area contributed by atoms with E-state index in [9.17, 15) is 14.6 Å². The summed E-state index contributed by atoms with van der Waals surface area (Å²) in [4.78, 5) is 0. The van der Waals surface area contributed by atoms with E-state index in [1.54, 1.807) is 30.3 Å². The SMILES string of the molecule is OCC(CO)(Cc1cc(F)ccc1Br)c1ccccc1Cl. The summed E-state index contributed by atoms with van der Waals surface area (Å²) in [5.74, 6) is -0.364. The van der Waals surface area contributed by atoms with Crippen molar-refractivity contribution >= 4 is 27.5 Å². The molecule has 0 saturated heterocycles. The molecule has 0 amide bonds. The molecule has 2 aromatic carbocycles. The highest BCUT2D eigenvalue weighted by atomic mass is 79.9. The van der Waals surface area contributed by atoms with Crippen molar-refractivity contribution in [3.05, 3.63) is 68.9 Å². The molecule has 2 rings (SSSR count). The van der Waals surface area contributed by atoms with Crippen LogP contribution in [0.3, 0.4) is 0 Å². The molecule has 0 atom stereocenters. The minimum Gasteiger partial charge on any atom is -0.395 e. The fourth-order valence-corrected chi connectivity index (χ4v) is 3.09. The van der Waals surface area contributed by atoms with E-state index < -0.39 is 5.41 Å². The predicted molar refractivity (Wildman–Crippen MR) is 85.1 cm³/mol. The molecule has 5 heteroatoms. The second kappa shape index (κ2) is 6.88. The molecule has 0 heterocycles. The molecule has 0 aliphatic carbocycles. The van der Waals surface area contributed by atoms with Crippen molar-refractivity contribution in [1.29, 1.82) is 0 Å². The lowest BCUT2D eigenvalue weighted by Gasteiger charge is -2.31. The highest BCUT2D eigenvalue weighted by Crippen LogP contribution is 2.35. The number of benzene rings is 2. The monoisotopic (exact) mass is 372 g/mol. The first-order valence-corrected chi connectivity index (χ1v) is 7.60. The highest BCUT2D eigenvalue weighted by molar-refractivity contribution is 9.10. The molecule has 2 aromatic rings. The lowest BCUT2D eigenvalue weighted by atomic mass is 9.77. The average Bonchev–Trinajstić information content (AvgIpc) is 2.49. The van der Waals surface area contributed by atoms with Gasteiger partial charge in [-0.3, -0.25) is 0 Å². The van der Waals surface area contributed by atoms with Crippen LogP contribution in [-0.2, 0) is 11.8 Å². The number of halogens is 3. The van der Waals surface area contributed by atoms with Crippen molar-refractivity contribution in [2.45, 2.75) is 11.8 Å². The van der Waals surface area contributed by atoms with Gasteiger partial charge in [-0.15, -0.1) is 0 Å². The largest absolute Gasteiger partial charge is 0.395 e. The van der Waals surface area contributed by atoms with Crippen molar-refractivity contribution in [3.8, 4) is 0 Å². The van der Waals surface area contributed by atoms with Gasteiger partial charge in [0.05, 0.1) is 13.2 Å². The van der Waals surface area contributed by atoms with Crippen LogP contribution in [0.5, 0.6) is 0 Å². The molecular weight excluding hydrogens is 359 g/mol. The third-order valence-corrected chi connectivity index (χ3v) is 4.69. The van der Waals surface area contributed by atoms with Crippen molar-refractivity contribution in [3.63, 3.8) is 0 Å². The van der Waals surface area contributed by atoms with Crippen LogP contribution in [0.1, 0.15) is 11.1 Å². The van der Waals surface area contributed by atoms with Crippen LogP contribution in [0, 0.1) is 5.82 Å². The van der Waals surface area contributed by atoms with Crippen molar-refractivity contribution in [1.82, 2.24) is 0 Å². The summed E-state index contributed by atoms with van der Waals surface area (Å²) in [5.41, 5.74) is 0.347. The first-order chi connectivity index (χ1) is 10.0. The van der Waals surface area contributed by atoms with Gasteiger partial charge >= 0.3 is 0 Å². The van der Waals surface area contributed by atoms with Crippen LogP contribution < -0.4 is 0 Å². The number of aliphatic hydroxyl groups excluding tert-OH is 2. The summed E-state index contributed by atoms with van der Waals surface area (Å²) >= 11 is 9.56. The minimum atomic E-state index is -0.964. The van der Waals surface area contributed by atoms with Crippen LogP contribution >= 0.6 is 27.5 Å². The quantitative estimate of drug-likeness (QED) is 0.839. The van der Waals surface area contributed by atoms with Gasteiger partial charge in [-0.25, -0.2) is 4.39 Å². The van der Waals surface area contributed by atoms with Gasteiger partial charge in [0.2, 0.25) is 0 Å². The standard InChI is InChI=1S/C16H15BrClFO2/c17-14-6-5-12(19)7-11(14)8-16(9-20,10-21)13-3-1-2-4-15(13)18/h1-7,20-21H,8-10H2. The van der Waals surface area contributed by atoms with Gasteiger partial charge in [0, 0.05) is 14.9 Å². The number of rotatable bonds is 5. The molecule has 0 aromatic heterocycles. The summed E-state index contributed by atoms with van der Waals surface area (Å²) < 4.78 is 14.2.